The van der Waals surface area contributed by atoms with Gasteiger partial charge in [0.2, 0.25) is 0 Å². The minimum absolute atomic E-state index is 0.0248. The summed E-state index contributed by atoms with van der Waals surface area (Å²) < 4.78 is 13.8. The van der Waals surface area contributed by atoms with E-state index in [0.717, 1.165) is 0 Å². The zero-order chi connectivity index (χ0) is 13.8. The molecule has 0 fully saturated rings. The first-order chi connectivity index (χ1) is 9.15. The highest BCUT2D eigenvalue weighted by molar-refractivity contribution is 9.09. The van der Waals surface area contributed by atoms with Crippen LogP contribution >= 0.6 is 15.9 Å². The van der Waals surface area contributed by atoms with E-state index in [4.69, 9.17) is 0 Å². The maximum atomic E-state index is 13.8. The Hall–Kier alpha value is -1.81. The number of benzene rings is 2. The third kappa shape index (κ3) is 2.79. The van der Waals surface area contributed by atoms with Crippen LogP contribution in [0.1, 0.15) is 26.3 Å². The van der Waals surface area contributed by atoms with Crippen molar-refractivity contribution in [1.29, 1.82) is 0 Å². The van der Waals surface area contributed by atoms with Crippen molar-refractivity contribution < 1.29 is 14.0 Å². The van der Waals surface area contributed by atoms with Gasteiger partial charge in [-0.15, -0.1) is 0 Å². The molecule has 0 heterocycles. The number of hydrogen-bond acceptors (Lipinski definition) is 2. The summed E-state index contributed by atoms with van der Waals surface area (Å²) in [5, 5.41) is -0.0248. The lowest BCUT2D eigenvalue weighted by atomic mass is 9.96. The fourth-order valence-corrected chi connectivity index (χ4v) is 2.09. The topological polar surface area (TPSA) is 34.1 Å². The van der Waals surface area contributed by atoms with Gasteiger partial charge in [-0.1, -0.05) is 58.4 Å². The van der Waals surface area contributed by atoms with Gasteiger partial charge >= 0.3 is 0 Å². The van der Waals surface area contributed by atoms with Gasteiger partial charge in [0, 0.05) is 11.1 Å². The monoisotopic (exact) mass is 320 g/mol. The average Bonchev–Trinajstić information content (AvgIpc) is 2.46. The van der Waals surface area contributed by atoms with E-state index < -0.39 is 11.6 Å². The maximum absolute atomic E-state index is 13.8. The molecule has 0 aliphatic heterocycles. The Morgan fingerprint density at radius 3 is 2.32 bits per heavy atom. The number of hydrogen-bond donors (Lipinski definition) is 0. The molecule has 4 heteroatoms. The lowest BCUT2D eigenvalue weighted by Gasteiger charge is -2.07. The average molecular weight is 321 g/mol. The Labute approximate surface area is 118 Å². The van der Waals surface area contributed by atoms with E-state index >= 15 is 0 Å². The summed E-state index contributed by atoms with van der Waals surface area (Å²) >= 11 is 3.00. The molecule has 0 saturated heterocycles. The van der Waals surface area contributed by atoms with Gasteiger partial charge in [0.1, 0.15) is 5.82 Å². The largest absolute Gasteiger partial charge is 0.293 e. The van der Waals surface area contributed by atoms with Crippen LogP contribution in [0.5, 0.6) is 0 Å². The Kier molecular flexibility index (Phi) is 4.22. The first-order valence-corrected chi connectivity index (χ1v) is 6.74. The molecule has 19 heavy (non-hydrogen) atoms. The molecule has 2 rings (SSSR count). The number of carbonyl (C=O) groups excluding carboxylic acids is 2. The second-order valence-electron chi connectivity index (χ2n) is 3.91. The van der Waals surface area contributed by atoms with Crippen molar-refractivity contribution in [3.8, 4) is 0 Å². The fraction of sp³-hybridized carbons (Fsp3) is 0.0667. The van der Waals surface area contributed by atoms with Gasteiger partial charge in [0.15, 0.2) is 11.6 Å². The molecule has 0 unspecified atom stereocenters. The summed E-state index contributed by atoms with van der Waals surface area (Å²) in [7, 11) is 0. The summed E-state index contributed by atoms with van der Waals surface area (Å²) in [5.41, 5.74) is 0.362. The first kappa shape index (κ1) is 13.6. The van der Waals surface area contributed by atoms with Gasteiger partial charge in [-0.2, -0.15) is 0 Å². The molecule has 0 aromatic heterocycles. The predicted octanol–water partition coefficient (Wildman–Crippen LogP) is 3.63. The van der Waals surface area contributed by atoms with Crippen molar-refractivity contribution >= 4 is 27.5 Å². The number of halogens is 2. The Morgan fingerprint density at radius 1 is 1.00 bits per heavy atom. The normalized spacial score (nSPS) is 10.2. The fourth-order valence-electron chi connectivity index (χ4n) is 1.81. The van der Waals surface area contributed by atoms with E-state index in [1.165, 1.54) is 18.2 Å². The summed E-state index contributed by atoms with van der Waals surface area (Å²) in [6.07, 6.45) is 0. The van der Waals surface area contributed by atoms with Crippen LogP contribution in [0, 0.1) is 5.82 Å². The molecule has 0 bridgehead atoms. The third-order valence-corrected chi connectivity index (χ3v) is 3.20. The Morgan fingerprint density at radius 2 is 1.68 bits per heavy atom. The van der Waals surface area contributed by atoms with E-state index in [0.29, 0.717) is 5.56 Å². The predicted molar refractivity (Wildman–Crippen MR) is 74.4 cm³/mol. The van der Waals surface area contributed by atoms with Crippen molar-refractivity contribution in [3.05, 3.63) is 71.0 Å². The number of rotatable bonds is 4. The van der Waals surface area contributed by atoms with Crippen molar-refractivity contribution in [2.24, 2.45) is 0 Å². The zero-order valence-corrected chi connectivity index (χ0v) is 11.5. The number of carbonyl (C=O) groups is 2. The van der Waals surface area contributed by atoms with Gasteiger partial charge in [-0.25, -0.2) is 4.39 Å². The van der Waals surface area contributed by atoms with Crippen molar-refractivity contribution in [2.45, 2.75) is 0 Å². The molecule has 0 N–H and O–H groups in total. The van der Waals surface area contributed by atoms with Gasteiger partial charge in [0.25, 0.3) is 0 Å². The molecule has 2 nitrogen and oxygen atoms in total. The summed E-state index contributed by atoms with van der Waals surface area (Å²) in [6.45, 7) is 0. The number of alkyl halides is 1. The Balaban J connectivity index is 2.54. The molecule has 0 radical (unpaired) electrons. The highest BCUT2D eigenvalue weighted by Gasteiger charge is 2.21. The molecule has 0 atom stereocenters. The maximum Gasteiger partial charge on any atom is 0.193 e. The molecule has 0 aliphatic rings. The van der Waals surface area contributed by atoms with Crippen LogP contribution in [-0.2, 0) is 0 Å². The second kappa shape index (κ2) is 5.89. The van der Waals surface area contributed by atoms with Crippen LogP contribution < -0.4 is 0 Å². The van der Waals surface area contributed by atoms with Crippen LogP contribution in [0.25, 0.3) is 0 Å². The molecule has 0 saturated carbocycles. The smallest absolute Gasteiger partial charge is 0.193 e. The number of Topliss-reactive ketones (excluding diaryl/α,β-unsaturated/α-hetero) is 1. The molecule has 2 aromatic carbocycles. The molecular formula is C15H10BrFO2. The molecule has 2 aromatic rings. The highest BCUT2D eigenvalue weighted by atomic mass is 79.9. The number of ketones is 2. The SMILES string of the molecule is O=C(c1ccccc1)c1cccc(F)c1C(=O)CBr. The van der Waals surface area contributed by atoms with Gasteiger partial charge in [0.05, 0.1) is 10.9 Å². The van der Waals surface area contributed by atoms with Crippen molar-refractivity contribution in [3.63, 3.8) is 0 Å². The van der Waals surface area contributed by atoms with E-state index in [2.05, 4.69) is 15.9 Å². The van der Waals surface area contributed by atoms with Crippen molar-refractivity contribution in [1.82, 2.24) is 0 Å². The lowest BCUT2D eigenvalue weighted by Crippen LogP contribution is -2.13. The van der Waals surface area contributed by atoms with Crippen LogP contribution in [0.4, 0.5) is 4.39 Å². The van der Waals surface area contributed by atoms with Gasteiger partial charge in [-0.3, -0.25) is 9.59 Å². The van der Waals surface area contributed by atoms with Crippen LogP contribution in [0.3, 0.4) is 0 Å². The van der Waals surface area contributed by atoms with Crippen LogP contribution in [-0.4, -0.2) is 16.9 Å². The quantitative estimate of drug-likeness (QED) is 0.636. The van der Waals surface area contributed by atoms with E-state index in [9.17, 15) is 14.0 Å². The summed E-state index contributed by atoms with van der Waals surface area (Å²) in [6, 6.07) is 12.6. The molecule has 0 aliphatic carbocycles. The minimum Gasteiger partial charge on any atom is -0.293 e. The van der Waals surface area contributed by atoms with Gasteiger partial charge in [-0.05, 0) is 6.07 Å². The molecule has 0 spiro atoms. The molecule has 0 amide bonds. The van der Waals surface area contributed by atoms with Crippen LogP contribution in [0.15, 0.2) is 48.5 Å². The van der Waals surface area contributed by atoms with E-state index in [-0.39, 0.29) is 22.2 Å². The first-order valence-electron chi connectivity index (χ1n) is 5.62. The van der Waals surface area contributed by atoms with Crippen LogP contribution in [0.2, 0.25) is 0 Å². The molecular weight excluding hydrogens is 311 g/mol. The van der Waals surface area contributed by atoms with E-state index in [1.54, 1.807) is 30.3 Å². The zero-order valence-electron chi connectivity index (χ0n) is 9.90. The standard InChI is InChI=1S/C15H10BrFO2/c16-9-13(18)14-11(7-4-8-12(14)17)15(19)10-5-2-1-3-6-10/h1-8H,9H2. The van der Waals surface area contributed by atoms with E-state index in [1.807, 2.05) is 0 Å². The third-order valence-electron chi connectivity index (χ3n) is 2.69. The van der Waals surface area contributed by atoms with Gasteiger partial charge < -0.3 is 0 Å². The molecule has 96 valence electrons. The summed E-state index contributed by atoms with van der Waals surface area (Å²) in [5.74, 6) is -1.48. The minimum atomic E-state index is -0.675. The lowest BCUT2D eigenvalue weighted by molar-refractivity contribution is 0.0990. The van der Waals surface area contributed by atoms with Crippen molar-refractivity contribution in [2.75, 3.05) is 5.33 Å². The highest BCUT2D eigenvalue weighted by Crippen LogP contribution is 2.19. The Bertz CT molecular complexity index is 623. The second-order valence-corrected chi connectivity index (χ2v) is 4.48. The summed E-state index contributed by atoms with van der Waals surface area (Å²) in [4.78, 5) is 24.1.